The molecule has 1 saturated heterocycles. The maximum absolute atomic E-state index is 12.9. The molecule has 0 spiro atoms. The Bertz CT molecular complexity index is 527. The van der Waals surface area contributed by atoms with E-state index in [4.69, 9.17) is 14.2 Å². The summed E-state index contributed by atoms with van der Waals surface area (Å²) in [6.07, 6.45) is 0. The monoisotopic (exact) mass is 308 g/mol. The largest absolute Gasteiger partial charge is 0.493 e. The summed E-state index contributed by atoms with van der Waals surface area (Å²) >= 11 is 0. The van der Waals surface area contributed by atoms with Crippen LogP contribution in [-0.4, -0.2) is 64.2 Å². The molecule has 122 valence electrons. The van der Waals surface area contributed by atoms with E-state index < -0.39 is 0 Å². The standard InChI is InChI=1S/C16H24N2O4/c1-11(18-9-7-17-8-10-18)14(19)12-5-6-13(20-2)16(22-4)15(12)21-3/h5-6,11,17H,7-10H2,1-4H3. The minimum Gasteiger partial charge on any atom is -0.493 e. The molecule has 1 aliphatic rings. The van der Waals surface area contributed by atoms with Gasteiger partial charge in [0, 0.05) is 26.2 Å². The molecular formula is C16H24N2O4. The average Bonchev–Trinajstić information content (AvgIpc) is 2.59. The van der Waals surface area contributed by atoms with Crippen LogP contribution in [0.2, 0.25) is 0 Å². The van der Waals surface area contributed by atoms with Gasteiger partial charge in [-0.1, -0.05) is 0 Å². The second-order valence-corrected chi connectivity index (χ2v) is 5.21. The first kappa shape index (κ1) is 16.6. The molecule has 1 aliphatic heterocycles. The number of nitrogens with zero attached hydrogens (tertiary/aromatic N) is 1. The van der Waals surface area contributed by atoms with E-state index in [0.717, 1.165) is 26.2 Å². The van der Waals surface area contributed by atoms with E-state index in [-0.39, 0.29) is 11.8 Å². The number of carbonyl (C=O) groups is 1. The van der Waals surface area contributed by atoms with Crippen LogP contribution < -0.4 is 19.5 Å². The number of ketones is 1. The molecule has 6 nitrogen and oxygen atoms in total. The van der Waals surface area contributed by atoms with Crippen molar-refractivity contribution in [1.82, 2.24) is 10.2 Å². The van der Waals surface area contributed by atoms with Crippen molar-refractivity contribution in [3.8, 4) is 17.2 Å². The number of methoxy groups -OCH3 is 3. The van der Waals surface area contributed by atoms with Crippen molar-refractivity contribution in [2.75, 3.05) is 47.5 Å². The summed E-state index contributed by atoms with van der Waals surface area (Å²) in [7, 11) is 4.63. The predicted octanol–water partition coefficient (Wildman–Crippen LogP) is 1.19. The maximum Gasteiger partial charge on any atom is 0.204 e. The molecule has 6 heteroatoms. The quantitative estimate of drug-likeness (QED) is 0.797. The highest BCUT2D eigenvalue weighted by molar-refractivity contribution is 6.03. The first-order chi connectivity index (χ1) is 10.6. The van der Waals surface area contributed by atoms with Crippen molar-refractivity contribution in [2.24, 2.45) is 0 Å². The van der Waals surface area contributed by atoms with Crippen molar-refractivity contribution >= 4 is 5.78 Å². The maximum atomic E-state index is 12.9. The van der Waals surface area contributed by atoms with E-state index in [1.165, 1.54) is 14.2 Å². The van der Waals surface area contributed by atoms with Crippen LogP contribution in [0.15, 0.2) is 12.1 Å². The summed E-state index contributed by atoms with van der Waals surface area (Å²) in [6, 6.07) is 3.27. The molecule has 0 radical (unpaired) electrons. The molecule has 22 heavy (non-hydrogen) atoms. The molecule has 0 amide bonds. The number of nitrogens with one attached hydrogen (secondary N) is 1. The Morgan fingerprint density at radius 3 is 2.27 bits per heavy atom. The predicted molar refractivity (Wildman–Crippen MR) is 84.3 cm³/mol. The fourth-order valence-corrected chi connectivity index (χ4v) is 2.76. The third-order valence-electron chi connectivity index (χ3n) is 4.05. The van der Waals surface area contributed by atoms with Gasteiger partial charge in [0.2, 0.25) is 5.75 Å². The minimum atomic E-state index is -0.200. The van der Waals surface area contributed by atoms with Gasteiger partial charge in [-0.15, -0.1) is 0 Å². The number of ether oxygens (including phenoxy) is 3. The summed E-state index contributed by atoms with van der Waals surface area (Å²) in [6.45, 7) is 5.47. The van der Waals surface area contributed by atoms with Gasteiger partial charge in [-0.05, 0) is 19.1 Å². The molecule has 0 bridgehead atoms. The number of carbonyl (C=O) groups excluding carboxylic acids is 1. The summed E-state index contributed by atoms with van der Waals surface area (Å²) in [5, 5.41) is 3.29. The lowest BCUT2D eigenvalue weighted by Gasteiger charge is -2.32. The van der Waals surface area contributed by atoms with E-state index in [9.17, 15) is 4.79 Å². The van der Waals surface area contributed by atoms with Crippen molar-refractivity contribution in [1.29, 1.82) is 0 Å². The zero-order valence-electron chi connectivity index (χ0n) is 13.6. The molecule has 1 heterocycles. The normalized spacial score (nSPS) is 16.9. The topological polar surface area (TPSA) is 60.0 Å². The molecular weight excluding hydrogens is 284 g/mol. The van der Waals surface area contributed by atoms with Gasteiger partial charge in [-0.2, -0.15) is 0 Å². The molecule has 0 saturated carbocycles. The molecule has 1 aromatic rings. The van der Waals surface area contributed by atoms with E-state index in [2.05, 4.69) is 10.2 Å². The fraction of sp³-hybridized carbons (Fsp3) is 0.562. The first-order valence-corrected chi connectivity index (χ1v) is 7.42. The average molecular weight is 308 g/mol. The molecule has 1 fully saturated rings. The highest BCUT2D eigenvalue weighted by atomic mass is 16.5. The van der Waals surface area contributed by atoms with Gasteiger partial charge < -0.3 is 19.5 Å². The van der Waals surface area contributed by atoms with Gasteiger partial charge in [0.15, 0.2) is 17.3 Å². The van der Waals surface area contributed by atoms with Crippen molar-refractivity contribution in [3.63, 3.8) is 0 Å². The smallest absolute Gasteiger partial charge is 0.204 e. The minimum absolute atomic E-state index is 0.0275. The molecule has 1 atom stereocenters. The number of piperazine rings is 1. The lowest BCUT2D eigenvalue weighted by molar-refractivity contribution is 0.0816. The SMILES string of the molecule is COc1ccc(C(=O)C(C)N2CCNCC2)c(OC)c1OC. The number of benzene rings is 1. The van der Waals surface area contributed by atoms with Gasteiger partial charge in [0.1, 0.15) is 0 Å². The molecule has 1 N–H and O–H groups in total. The van der Waals surface area contributed by atoms with Gasteiger partial charge in [0.05, 0.1) is 32.9 Å². The number of hydrogen-bond donors (Lipinski definition) is 1. The summed E-state index contributed by atoms with van der Waals surface area (Å²) < 4.78 is 16.0. The van der Waals surface area contributed by atoms with Crippen molar-refractivity contribution in [2.45, 2.75) is 13.0 Å². The number of rotatable bonds is 6. The van der Waals surface area contributed by atoms with Gasteiger partial charge in [-0.25, -0.2) is 0 Å². The zero-order chi connectivity index (χ0) is 16.1. The van der Waals surface area contributed by atoms with Gasteiger partial charge >= 0.3 is 0 Å². The van der Waals surface area contributed by atoms with Crippen molar-refractivity contribution < 1.29 is 19.0 Å². The van der Waals surface area contributed by atoms with Crippen LogP contribution in [0.25, 0.3) is 0 Å². The zero-order valence-corrected chi connectivity index (χ0v) is 13.6. The third-order valence-corrected chi connectivity index (χ3v) is 4.05. The lowest BCUT2D eigenvalue weighted by atomic mass is 10.0. The van der Waals surface area contributed by atoms with E-state index in [0.29, 0.717) is 22.8 Å². The molecule has 0 aromatic heterocycles. The Labute approximate surface area is 131 Å². The second kappa shape index (κ2) is 7.47. The van der Waals surface area contributed by atoms with E-state index in [1.807, 2.05) is 6.92 Å². The van der Waals surface area contributed by atoms with Crippen LogP contribution in [0.5, 0.6) is 17.2 Å². The highest BCUT2D eigenvalue weighted by Gasteiger charge is 2.28. The van der Waals surface area contributed by atoms with Crippen LogP contribution in [0, 0.1) is 0 Å². The fourth-order valence-electron chi connectivity index (χ4n) is 2.76. The van der Waals surface area contributed by atoms with Crippen LogP contribution in [0.1, 0.15) is 17.3 Å². The van der Waals surface area contributed by atoms with Gasteiger partial charge in [-0.3, -0.25) is 9.69 Å². The van der Waals surface area contributed by atoms with Crippen LogP contribution in [0.3, 0.4) is 0 Å². The van der Waals surface area contributed by atoms with Crippen molar-refractivity contribution in [3.05, 3.63) is 17.7 Å². The summed E-state index contributed by atoms with van der Waals surface area (Å²) in [5.74, 6) is 1.45. The number of hydrogen-bond acceptors (Lipinski definition) is 6. The Kier molecular flexibility index (Phi) is 5.63. The van der Waals surface area contributed by atoms with E-state index >= 15 is 0 Å². The van der Waals surface area contributed by atoms with E-state index in [1.54, 1.807) is 19.2 Å². The molecule has 2 rings (SSSR count). The Morgan fingerprint density at radius 1 is 1.09 bits per heavy atom. The van der Waals surface area contributed by atoms with Gasteiger partial charge in [0.25, 0.3) is 0 Å². The Morgan fingerprint density at radius 2 is 1.73 bits per heavy atom. The number of Topliss-reactive ketones (excluding diaryl/α,β-unsaturated/α-hetero) is 1. The third kappa shape index (κ3) is 3.18. The second-order valence-electron chi connectivity index (χ2n) is 5.21. The summed E-state index contributed by atoms with van der Waals surface area (Å²) in [5.41, 5.74) is 0.520. The van der Waals surface area contributed by atoms with Crippen LogP contribution >= 0.6 is 0 Å². The van der Waals surface area contributed by atoms with Crippen LogP contribution in [0.4, 0.5) is 0 Å². The highest BCUT2D eigenvalue weighted by Crippen LogP contribution is 2.40. The Hall–Kier alpha value is -1.79. The molecule has 0 aliphatic carbocycles. The Balaban J connectivity index is 2.32. The molecule has 1 aromatic carbocycles. The van der Waals surface area contributed by atoms with Crippen LogP contribution in [-0.2, 0) is 0 Å². The summed E-state index contributed by atoms with van der Waals surface area (Å²) in [4.78, 5) is 15.0. The molecule has 1 unspecified atom stereocenters. The first-order valence-electron chi connectivity index (χ1n) is 7.42. The lowest BCUT2D eigenvalue weighted by Crippen LogP contribution is -2.50.